The summed E-state index contributed by atoms with van der Waals surface area (Å²) in [7, 11) is -3.68. The molecular weight excluding hydrogens is 346 g/mol. The first-order valence-corrected chi connectivity index (χ1v) is 10.2. The number of rotatable bonds is 9. The van der Waals surface area contributed by atoms with Crippen LogP contribution in [0.5, 0.6) is 0 Å². The van der Waals surface area contributed by atoms with Crippen molar-refractivity contribution >= 4 is 28.0 Å². The van der Waals surface area contributed by atoms with Gasteiger partial charge in [-0.2, -0.15) is 5.10 Å². The fraction of sp³-hybridized carbons (Fsp3) is 0.250. The number of hydrogen-bond donors (Lipinski definition) is 2. The van der Waals surface area contributed by atoms with Crippen LogP contribution in [0.1, 0.15) is 38.2 Å². The Bertz CT molecular complexity index is 842. The summed E-state index contributed by atoms with van der Waals surface area (Å²) < 4.78 is 22.5. The van der Waals surface area contributed by atoms with Gasteiger partial charge >= 0.3 is 0 Å². The van der Waals surface area contributed by atoms with Crippen LogP contribution in [-0.2, 0) is 10.0 Å². The van der Waals surface area contributed by atoms with E-state index in [1.54, 1.807) is 12.1 Å². The van der Waals surface area contributed by atoms with Crippen LogP contribution in [0, 0.1) is 0 Å². The summed E-state index contributed by atoms with van der Waals surface area (Å²) in [5.74, 6) is 0. The number of hydrogen-bond acceptors (Lipinski definition) is 4. The molecule has 2 aromatic carbocycles. The Morgan fingerprint density at radius 1 is 1.08 bits per heavy atom. The minimum atomic E-state index is -3.68. The summed E-state index contributed by atoms with van der Waals surface area (Å²) in [6.07, 6.45) is 8.37. The molecule has 2 aromatic rings. The highest BCUT2D eigenvalue weighted by Crippen LogP contribution is 2.14. The van der Waals surface area contributed by atoms with Gasteiger partial charge < -0.3 is 0 Å². The van der Waals surface area contributed by atoms with E-state index in [2.05, 4.69) is 35.7 Å². The summed E-state index contributed by atoms with van der Waals surface area (Å²) in [6, 6.07) is 16.3. The van der Waals surface area contributed by atoms with Crippen molar-refractivity contribution in [3.05, 3.63) is 65.7 Å². The van der Waals surface area contributed by atoms with Gasteiger partial charge in [0.15, 0.2) is 0 Å². The maximum Gasteiger partial charge on any atom is 0.238 e. The van der Waals surface area contributed by atoms with E-state index in [9.17, 15) is 8.42 Å². The van der Waals surface area contributed by atoms with Crippen LogP contribution in [0.15, 0.2) is 70.2 Å². The van der Waals surface area contributed by atoms with Crippen molar-refractivity contribution in [2.45, 2.75) is 37.5 Å². The van der Waals surface area contributed by atoms with E-state index in [1.165, 1.54) is 25.0 Å². The molecule has 0 aromatic heterocycles. The number of nitrogens with two attached hydrogens (primary N) is 1. The molecule has 26 heavy (non-hydrogen) atoms. The van der Waals surface area contributed by atoms with Crippen LogP contribution >= 0.6 is 0 Å². The lowest BCUT2D eigenvalue weighted by Crippen LogP contribution is -2.11. The fourth-order valence-electron chi connectivity index (χ4n) is 2.43. The smallest absolute Gasteiger partial charge is 0.238 e. The summed E-state index contributed by atoms with van der Waals surface area (Å²) in [4.78, 5) is 0.0799. The largest absolute Gasteiger partial charge is 0.279 e. The molecule has 0 atom stereocenters. The van der Waals surface area contributed by atoms with Crippen molar-refractivity contribution in [1.29, 1.82) is 0 Å². The van der Waals surface area contributed by atoms with Crippen molar-refractivity contribution < 1.29 is 8.42 Å². The highest BCUT2D eigenvalue weighted by atomic mass is 32.2. The zero-order valence-corrected chi connectivity index (χ0v) is 15.7. The molecule has 0 fully saturated rings. The molecule has 5 nitrogen and oxygen atoms in total. The molecule has 0 heterocycles. The summed E-state index contributed by atoms with van der Waals surface area (Å²) in [5, 5.41) is 9.38. The third kappa shape index (κ3) is 6.82. The molecule has 0 radical (unpaired) electrons. The molecule has 0 spiro atoms. The molecule has 0 saturated carbocycles. The molecule has 0 amide bonds. The normalized spacial score (nSPS) is 12.5. The number of hydrazone groups is 1. The molecule has 0 unspecified atom stereocenters. The van der Waals surface area contributed by atoms with Gasteiger partial charge in [0, 0.05) is 0 Å². The topological polar surface area (TPSA) is 84.5 Å². The minimum absolute atomic E-state index is 0.0799. The first kappa shape index (κ1) is 19.9. The molecule has 0 saturated heterocycles. The summed E-state index contributed by atoms with van der Waals surface area (Å²) in [5.41, 5.74) is 5.90. The van der Waals surface area contributed by atoms with Gasteiger partial charge in [-0.05, 0) is 48.2 Å². The van der Waals surface area contributed by atoms with Crippen LogP contribution in [-0.4, -0.2) is 14.6 Å². The zero-order chi connectivity index (χ0) is 18.8. The van der Waals surface area contributed by atoms with E-state index in [1.807, 2.05) is 24.4 Å². The van der Waals surface area contributed by atoms with E-state index < -0.39 is 10.0 Å². The Hall–Kier alpha value is -2.44. The number of unbranched alkanes of at least 4 members (excludes halogenated alkanes) is 2. The van der Waals surface area contributed by atoms with Gasteiger partial charge in [-0.3, -0.25) is 5.43 Å². The lowest BCUT2D eigenvalue weighted by atomic mass is 10.1. The molecule has 0 aliphatic heterocycles. The second-order valence-electron chi connectivity index (χ2n) is 6.03. The Morgan fingerprint density at radius 2 is 1.77 bits per heavy atom. The average Bonchev–Trinajstić information content (AvgIpc) is 2.62. The second-order valence-corrected chi connectivity index (χ2v) is 7.59. The maximum atomic E-state index is 11.3. The second kappa shape index (κ2) is 9.89. The summed E-state index contributed by atoms with van der Waals surface area (Å²) in [6.45, 7) is 2.18. The van der Waals surface area contributed by atoms with Gasteiger partial charge in [-0.1, -0.05) is 56.2 Å². The van der Waals surface area contributed by atoms with Crippen molar-refractivity contribution in [3.63, 3.8) is 0 Å². The zero-order valence-electron chi connectivity index (χ0n) is 14.9. The first-order chi connectivity index (χ1) is 12.5. The van der Waals surface area contributed by atoms with Gasteiger partial charge in [-0.25, -0.2) is 13.6 Å². The van der Waals surface area contributed by atoms with E-state index in [4.69, 9.17) is 5.14 Å². The molecule has 0 bridgehead atoms. The molecule has 3 N–H and O–H groups in total. The number of anilines is 1. The third-order valence-electron chi connectivity index (χ3n) is 3.83. The molecule has 2 rings (SSSR count). The first-order valence-electron chi connectivity index (χ1n) is 8.66. The molecule has 0 aliphatic rings. The maximum absolute atomic E-state index is 11.3. The highest BCUT2D eigenvalue weighted by molar-refractivity contribution is 7.89. The highest BCUT2D eigenvalue weighted by Gasteiger charge is 2.06. The van der Waals surface area contributed by atoms with Crippen molar-refractivity contribution in [2.24, 2.45) is 10.2 Å². The number of nitrogens with one attached hydrogen (secondary N) is 1. The Kier molecular flexibility index (Phi) is 7.56. The monoisotopic (exact) mass is 371 g/mol. The number of primary sulfonamides is 1. The third-order valence-corrected chi connectivity index (χ3v) is 4.76. The van der Waals surface area contributed by atoms with Crippen LogP contribution < -0.4 is 10.6 Å². The average molecular weight is 372 g/mol. The standard InChI is InChI=1S/C20H25N3O2S/c1-2-3-5-10-18(15-17-8-6-4-7-9-17)16-22-23-19-11-13-20(14-12-19)26(21,24)25/h4,6-9,11-16,23H,2-3,5,10H2,1H3,(H2,21,24,25)/b18-15+,22-16+. The van der Waals surface area contributed by atoms with Gasteiger partial charge in [-0.15, -0.1) is 0 Å². The SMILES string of the molecule is CCCCCC(/C=N/Nc1ccc(S(N)(=O)=O)cc1)=C\c1ccccc1. The van der Waals surface area contributed by atoms with E-state index in [0.717, 1.165) is 24.0 Å². The minimum Gasteiger partial charge on any atom is -0.279 e. The van der Waals surface area contributed by atoms with Crippen LogP contribution in [0.3, 0.4) is 0 Å². The summed E-state index contributed by atoms with van der Waals surface area (Å²) >= 11 is 0. The molecule has 138 valence electrons. The number of allylic oxidation sites excluding steroid dienone is 1. The van der Waals surface area contributed by atoms with Crippen LogP contribution in [0.25, 0.3) is 6.08 Å². The molecule has 6 heteroatoms. The van der Waals surface area contributed by atoms with E-state index >= 15 is 0 Å². The Labute approximate surface area is 155 Å². The van der Waals surface area contributed by atoms with Crippen molar-refractivity contribution in [3.8, 4) is 0 Å². The number of nitrogens with zero attached hydrogens (tertiary/aromatic N) is 1. The Balaban J connectivity index is 2.06. The van der Waals surface area contributed by atoms with Crippen molar-refractivity contribution in [1.82, 2.24) is 0 Å². The van der Waals surface area contributed by atoms with Crippen LogP contribution in [0.2, 0.25) is 0 Å². The quantitative estimate of drug-likeness (QED) is 0.389. The number of sulfonamides is 1. The van der Waals surface area contributed by atoms with E-state index in [0.29, 0.717) is 5.69 Å². The van der Waals surface area contributed by atoms with Crippen LogP contribution in [0.4, 0.5) is 5.69 Å². The van der Waals surface area contributed by atoms with Gasteiger partial charge in [0.05, 0.1) is 16.8 Å². The van der Waals surface area contributed by atoms with E-state index in [-0.39, 0.29) is 4.90 Å². The predicted octanol–water partition coefficient (Wildman–Crippen LogP) is 4.40. The fourth-order valence-corrected chi connectivity index (χ4v) is 2.94. The predicted molar refractivity (Wildman–Crippen MR) is 108 cm³/mol. The molecular formula is C20H25N3O2S. The number of benzene rings is 2. The molecule has 0 aliphatic carbocycles. The van der Waals surface area contributed by atoms with Gasteiger partial charge in [0.1, 0.15) is 0 Å². The van der Waals surface area contributed by atoms with Gasteiger partial charge in [0.2, 0.25) is 10.0 Å². The lowest BCUT2D eigenvalue weighted by molar-refractivity contribution is 0.598. The van der Waals surface area contributed by atoms with Gasteiger partial charge in [0.25, 0.3) is 0 Å². The Morgan fingerprint density at radius 3 is 2.38 bits per heavy atom. The lowest BCUT2D eigenvalue weighted by Gasteiger charge is -2.04. The van der Waals surface area contributed by atoms with Crippen molar-refractivity contribution in [2.75, 3.05) is 5.43 Å².